The zero-order valence-electron chi connectivity index (χ0n) is 14.6. The van der Waals surface area contributed by atoms with Gasteiger partial charge in [-0.2, -0.15) is 5.10 Å². The van der Waals surface area contributed by atoms with Crippen LogP contribution >= 0.6 is 0 Å². The van der Waals surface area contributed by atoms with E-state index in [1.807, 2.05) is 29.8 Å². The lowest BCUT2D eigenvalue weighted by Crippen LogP contribution is -2.27. The van der Waals surface area contributed by atoms with Crippen LogP contribution in [0.4, 0.5) is 0 Å². The van der Waals surface area contributed by atoms with Crippen molar-refractivity contribution in [3.8, 4) is 5.82 Å². The van der Waals surface area contributed by atoms with E-state index < -0.39 is 0 Å². The maximum Gasteiger partial charge on any atom is 0.220 e. The van der Waals surface area contributed by atoms with Gasteiger partial charge in [0, 0.05) is 24.9 Å². The van der Waals surface area contributed by atoms with Crippen molar-refractivity contribution in [3.05, 3.63) is 41.3 Å². The summed E-state index contributed by atoms with van der Waals surface area (Å²) < 4.78 is 1.88. The second-order valence-electron chi connectivity index (χ2n) is 6.70. The van der Waals surface area contributed by atoms with Crippen molar-refractivity contribution >= 4 is 5.91 Å². The molecule has 128 valence electrons. The number of nitrogens with one attached hydrogen (secondary N) is 1. The van der Waals surface area contributed by atoms with Gasteiger partial charge in [-0.1, -0.05) is 18.9 Å². The van der Waals surface area contributed by atoms with Gasteiger partial charge in [0.25, 0.3) is 0 Å². The van der Waals surface area contributed by atoms with Crippen LogP contribution in [-0.4, -0.2) is 27.2 Å². The minimum absolute atomic E-state index is 0.189. The number of carbonyl (C=O) groups is 1. The first kappa shape index (κ1) is 16.7. The molecule has 24 heavy (non-hydrogen) atoms. The molecule has 0 unspecified atom stereocenters. The summed E-state index contributed by atoms with van der Waals surface area (Å²) in [4.78, 5) is 16.4. The van der Waals surface area contributed by atoms with E-state index in [9.17, 15) is 4.79 Å². The van der Waals surface area contributed by atoms with Gasteiger partial charge in [-0.05, 0) is 56.7 Å². The van der Waals surface area contributed by atoms with E-state index in [2.05, 4.69) is 22.3 Å². The van der Waals surface area contributed by atoms with Crippen molar-refractivity contribution in [2.45, 2.75) is 52.4 Å². The maximum absolute atomic E-state index is 12.0. The Kier molecular flexibility index (Phi) is 5.28. The highest BCUT2D eigenvalue weighted by molar-refractivity contribution is 5.76. The lowest BCUT2D eigenvalue weighted by Gasteiger charge is -2.10. The van der Waals surface area contributed by atoms with Crippen molar-refractivity contribution in [1.29, 1.82) is 0 Å². The van der Waals surface area contributed by atoms with Crippen LogP contribution < -0.4 is 5.32 Å². The molecular formula is C19H26N4O. The zero-order chi connectivity index (χ0) is 16.9. The fraction of sp³-hybridized carbons (Fsp3) is 0.526. The van der Waals surface area contributed by atoms with E-state index in [1.54, 1.807) is 6.20 Å². The fourth-order valence-corrected chi connectivity index (χ4v) is 3.61. The Morgan fingerprint density at radius 3 is 2.79 bits per heavy atom. The Morgan fingerprint density at radius 1 is 1.29 bits per heavy atom. The maximum atomic E-state index is 12.0. The van der Waals surface area contributed by atoms with E-state index in [0.717, 1.165) is 23.6 Å². The Balaban J connectivity index is 1.57. The normalized spacial score (nSPS) is 14.9. The highest BCUT2D eigenvalue weighted by atomic mass is 16.1. The Hall–Kier alpha value is -2.17. The molecule has 1 N–H and O–H groups in total. The minimum Gasteiger partial charge on any atom is -0.356 e. The van der Waals surface area contributed by atoms with Crippen molar-refractivity contribution in [1.82, 2.24) is 20.1 Å². The molecule has 5 nitrogen and oxygen atoms in total. The van der Waals surface area contributed by atoms with Crippen LogP contribution in [0.1, 0.15) is 49.1 Å². The summed E-state index contributed by atoms with van der Waals surface area (Å²) in [5.74, 6) is 1.62. The summed E-state index contributed by atoms with van der Waals surface area (Å²) >= 11 is 0. The Labute approximate surface area is 143 Å². The van der Waals surface area contributed by atoms with Crippen LogP contribution in [0.2, 0.25) is 0 Å². The number of aromatic nitrogens is 3. The molecule has 0 spiro atoms. The first-order valence-electron chi connectivity index (χ1n) is 8.88. The third kappa shape index (κ3) is 3.83. The molecule has 3 rings (SSSR count). The molecule has 2 aromatic rings. The zero-order valence-corrected chi connectivity index (χ0v) is 14.6. The van der Waals surface area contributed by atoms with Crippen LogP contribution in [-0.2, 0) is 11.2 Å². The van der Waals surface area contributed by atoms with Gasteiger partial charge in [0.05, 0.1) is 5.69 Å². The predicted molar refractivity (Wildman–Crippen MR) is 94.1 cm³/mol. The average Bonchev–Trinajstić information content (AvgIpc) is 3.18. The minimum atomic E-state index is 0.189. The summed E-state index contributed by atoms with van der Waals surface area (Å²) in [6, 6.07) is 5.81. The third-order valence-electron chi connectivity index (χ3n) is 4.95. The van der Waals surface area contributed by atoms with Crippen LogP contribution in [0.15, 0.2) is 24.4 Å². The van der Waals surface area contributed by atoms with E-state index in [0.29, 0.717) is 18.9 Å². The van der Waals surface area contributed by atoms with Gasteiger partial charge in [0.15, 0.2) is 5.82 Å². The van der Waals surface area contributed by atoms with E-state index in [1.165, 1.54) is 31.2 Å². The van der Waals surface area contributed by atoms with Crippen LogP contribution in [0.5, 0.6) is 0 Å². The molecule has 1 aliphatic carbocycles. The first-order chi connectivity index (χ1) is 11.6. The van der Waals surface area contributed by atoms with Gasteiger partial charge < -0.3 is 5.32 Å². The SMILES string of the molecule is Cc1nn(-c2ccccn2)c(C)c1CCNC(=O)CC1CCCC1. The Bertz CT molecular complexity index is 687. The highest BCUT2D eigenvalue weighted by Crippen LogP contribution is 2.27. The molecule has 1 aliphatic rings. The number of pyridine rings is 1. The molecule has 1 saturated carbocycles. The fourth-order valence-electron chi connectivity index (χ4n) is 3.61. The quantitative estimate of drug-likeness (QED) is 0.887. The molecular weight excluding hydrogens is 300 g/mol. The molecule has 2 heterocycles. The number of aryl methyl sites for hydroxylation is 1. The second kappa shape index (κ2) is 7.60. The molecule has 0 radical (unpaired) electrons. The average molecular weight is 326 g/mol. The van der Waals surface area contributed by atoms with E-state index >= 15 is 0 Å². The number of hydrogen-bond donors (Lipinski definition) is 1. The standard InChI is InChI=1S/C19H26N4O/c1-14-17(10-12-21-19(24)13-16-7-3-4-8-16)15(2)23(22-14)18-9-5-6-11-20-18/h5-6,9,11,16H,3-4,7-8,10,12-13H2,1-2H3,(H,21,24). The number of carbonyl (C=O) groups excluding carboxylic acids is 1. The van der Waals surface area contributed by atoms with Gasteiger partial charge in [-0.3, -0.25) is 4.79 Å². The third-order valence-corrected chi connectivity index (χ3v) is 4.95. The summed E-state index contributed by atoms with van der Waals surface area (Å²) in [6.45, 7) is 4.74. The number of rotatable bonds is 6. The summed E-state index contributed by atoms with van der Waals surface area (Å²) in [7, 11) is 0. The molecule has 0 aliphatic heterocycles. The number of amides is 1. The smallest absolute Gasteiger partial charge is 0.220 e. The van der Waals surface area contributed by atoms with Crippen molar-refractivity contribution in [2.75, 3.05) is 6.54 Å². The predicted octanol–water partition coefficient (Wildman–Crippen LogP) is 3.12. The topological polar surface area (TPSA) is 59.8 Å². The number of hydrogen-bond acceptors (Lipinski definition) is 3. The van der Waals surface area contributed by atoms with Crippen LogP contribution in [0, 0.1) is 19.8 Å². The molecule has 0 bridgehead atoms. The molecule has 0 saturated heterocycles. The lowest BCUT2D eigenvalue weighted by molar-refractivity contribution is -0.121. The second-order valence-corrected chi connectivity index (χ2v) is 6.70. The van der Waals surface area contributed by atoms with Crippen LogP contribution in [0.25, 0.3) is 5.82 Å². The Morgan fingerprint density at radius 2 is 2.08 bits per heavy atom. The molecule has 0 atom stereocenters. The summed E-state index contributed by atoms with van der Waals surface area (Å²) in [5.41, 5.74) is 3.29. The highest BCUT2D eigenvalue weighted by Gasteiger charge is 2.18. The first-order valence-corrected chi connectivity index (χ1v) is 8.88. The van der Waals surface area contributed by atoms with Crippen LogP contribution in [0.3, 0.4) is 0 Å². The van der Waals surface area contributed by atoms with Gasteiger partial charge >= 0.3 is 0 Å². The largest absolute Gasteiger partial charge is 0.356 e. The monoisotopic (exact) mass is 326 g/mol. The number of nitrogens with zero attached hydrogens (tertiary/aromatic N) is 3. The summed E-state index contributed by atoms with van der Waals surface area (Å²) in [5, 5.41) is 7.67. The van der Waals surface area contributed by atoms with Crippen molar-refractivity contribution in [2.24, 2.45) is 5.92 Å². The van der Waals surface area contributed by atoms with Gasteiger partial charge in [0.1, 0.15) is 0 Å². The van der Waals surface area contributed by atoms with Crippen molar-refractivity contribution in [3.63, 3.8) is 0 Å². The van der Waals surface area contributed by atoms with Gasteiger partial charge in [-0.25, -0.2) is 9.67 Å². The van der Waals surface area contributed by atoms with Crippen molar-refractivity contribution < 1.29 is 4.79 Å². The van der Waals surface area contributed by atoms with E-state index in [4.69, 9.17) is 0 Å². The molecule has 1 amide bonds. The molecule has 1 fully saturated rings. The van der Waals surface area contributed by atoms with E-state index in [-0.39, 0.29) is 5.91 Å². The molecule has 0 aromatic carbocycles. The summed E-state index contributed by atoms with van der Waals surface area (Å²) in [6.07, 6.45) is 8.25. The van der Waals surface area contributed by atoms with Gasteiger partial charge in [-0.15, -0.1) is 0 Å². The lowest BCUT2D eigenvalue weighted by atomic mass is 10.0. The molecule has 5 heteroatoms. The van der Waals surface area contributed by atoms with Gasteiger partial charge in [0.2, 0.25) is 5.91 Å². The molecule has 2 aromatic heterocycles.